The zero-order valence-corrected chi connectivity index (χ0v) is 9.23. The molecule has 5 heteroatoms. The molecule has 88 valence electrons. The van der Waals surface area contributed by atoms with Gasteiger partial charge in [-0.2, -0.15) is 0 Å². The molecule has 0 bridgehead atoms. The predicted molar refractivity (Wildman–Crippen MR) is 62.2 cm³/mol. The Labute approximate surface area is 96.8 Å². The Morgan fingerprint density at radius 3 is 2.82 bits per heavy atom. The third kappa shape index (κ3) is 2.13. The average Bonchev–Trinajstić information content (AvgIpc) is 2.28. The van der Waals surface area contributed by atoms with E-state index in [1.165, 1.54) is 6.07 Å². The summed E-state index contributed by atoms with van der Waals surface area (Å²) in [6.07, 6.45) is 0. The molecule has 17 heavy (non-hydrogen) atoms. The quantitative estimate of drug-likeness (QED) is 0.810. The maximum atomic E-state index is 11.4. The second-order valence-electron chi connectivity index (χ2n) is 3.44. The Kier molecular flexibility index (Phi) is 2.82. The van der Waals surface area contributed by atoms with E-state index in [0.717, 1.165) is 0 Å². The smallest absolute Gasteiger partial charge is 0.349 e. The first-order chi connectivity index (χ1) is 8.11. The molecule has 2 rings (SSSR count). The van der Waals surface area contributed by atoms with E-state index in [1.807, 2.05) is 6.92 Å². The van der Waals surface area contributed by atoms with E-state index in [-0.39, 0.29) is 5.56 Å². The summed E-state index contributed by atoms with van der Waals surface area (Å²) in [4.78, 5) is 22.4. The molecule has 1 amide bonds. The van der Waals surface area contributed by atoms with Gasteiger partial charge in [-0.15, -0.1) is 0 Å². The lowest BCUT2D eigenvalue weighted by atomic mass is 10.1. The SMILES string of the molecule is CCOc1ccc2oc(=O)c(C(N)=O)cc2c1. The van der Waals surface area contributed by atoms with Crippen LogP contribution in [-0.4, -0.2) is 12.5 Å². The number of nitrogens with two attached hydrogens (primary N) is 1. The number of carbonyl (C=O) groups is 1. The molecular formula is C12H11NO4. The predicted octanol–water partition coefficient (Wildman–Crippen LogP) is 1.29. The Bertz CT molecular complexity index is 630. The Morgan fingerprint density at radius 2 is 2.18 bits per heavy atom. The summed E-state index contributed by atoms with van der Waals surface area (Å²) in [6, 6.07) is 6.41. The third-order valence-electron chi connectivity index (χ3n) is 2.28. The van der Waals surface area contributed by atoms with Crippen molar-refractivity contribution in [3.8, 4) is 5.75 Å². The minimum absolute atomic E-state index is 0.161. The van der Waals surface area contributed by atoms with Gasteiger partial charge in [0.25, 0.3) is 5.91 Å². The largest absolute Gasteiger partial charge is 0.494 e. The van der Waals surface area contributed by atoms with E-state index in [0.29, 0.717) is 23.3 Å². The van der Waals surface area contributed by atoms with Gasteiger partial charge in [0.1, 0.15) is 16.9 Å². The van der Waals surface area contributed by atoms with Crippen molar-refractivity contribution in [1.29, 1.82) is 0 Å². The fourth-order valence-corrected chi connectivity index (χ4v) is 1.53. The number of fused-ring (bicyclic) bond motifs is 1. The molecule has 0 saturated heterocycles. The summed E-state index contributed by atoms with van der Waals surface area (Å²) < 4.78 is 10.3. The van der Waals surface area contributed by atoms with Gasteiger partial charge in [-0.05, 0) is 31.2 Å². The number of hydrogen-bond donors (Lipinski definition) is 1. The first-order valence-corrected chi connectivity index (χ1v) is 5.12. The molecule has 1 aromatic carbocycles. The minimum atomic E-state index is -0.803. The van der Waals surface area contributed by atoms with E-state index < -0.39 is 11.5 Å². The van der Waals surface area contributed by atoms with Crippen molar-refractivity contribution in [3.05, 3.63) is 40.2 Å². The van der Waals surface area contributed by atoms with Crippen molar-refractivity contribution in [1.82, 2.24) is 0 Å². The molecule has 1 heterocycles. The lowest BCUT2D eigenvalue weighted by Gasteiger charge is -2.04. The number of rotatable bonds is 3. The van der Waals surface area contributed by atoms with Crippen LogP contribution >= 0.6 is 0 Å². The van der Waals surface area contributed by atoms with Crippen molar-refractivity contribution in [2.24, 2.45) is 5.73 Å². The summed E-state index contributed by atoms with van der Waals surface area (Å²) in [5, 5.41) is 0.601. The van der Waals surface area contributed by atoms with Crippen molar-refractivity contribution in [2.75, 3.05) is 6.61 Å². The van der Waals surface area contributed by atoms with Crippen LogP contribution in [0, 0.1) is 0 Å². The van der Waals surface area contributed by atoms with E-state index in [2.05, 4.69) is 0 Å². The topological polar surface area (TPSA) is 82.5 Å². The monoisotopic (exact) mass is 233 g/mol. The highest BCUT2D eigenvalue weighted by molar-refractivity contribution is 5.95. The third-order valence-corrected chi connectivity index (χ3v) is 2.28. The molecule has 0 aliphatic heterocycles. The summed E-state index contributed by atoms with van der Waals surface area (Å²) in [7, 11) is 0. The highest BCUT2D eigenvalue weighted by atomic mass is 16.5. The maximum absolute atomic E-state index is 11.4. The van der Waals surface area contributed by atoms with Gasteiger partial charge < -0.3 is 14.9 Å². The maximum Gasteiger partial charge on any atom is 0.349 e. The molecule has 0 saturated carbocycles. The van der Waals surface area contributed by atoms with Gasteiger partial charge in [0.2, 0.25) is 0 Å². The molecule has 2 aromatic rings. The first kappa shape index (κ1) is 11.2. The highest BCUT2D eigenvalue weighted by Crippen LogP contribution is 2.20. The number of amides is 1. The number of benzene rings is 1. The standard InChI is InChI=1S/C12H11NO4/c1-2-16-8-3-4-10-7(5-8)6-9(11(13)14)12(15)17-10/h3-6H,2H2,1H3,(H2,13,14). The zero-order valence-electron chi connectivity index (χ0n) is 9.23. The van der Waals surface area contributed by atoms with Crippen LogP contribution in [0.1, 0.15) is 17.3 Å². The van der Waals surface area contributed by atoms with Crippen LogP contribution < -0.4 is 16.1 Å². The van der Waals surface area contributed by atoms with Crippen molar-refractivity contribution in [3.63, 3.8) is 0 Å². The van der Waals surface area contributed by atoms with Gasteiger partial charge in [0.15, 0.2) is 0 Å². The molecule has 0 radical (unpaired) electrons. The van der Waals surface area contributed by atoms with Crippen LogP contribution in [0.25, 0.3) is 11.0 Å². The van der Waals surface area contributed by atoms with Gasteiger partial charge in [-0.3, -0.25) is 4.79 Å². The molecule has 0 aliphatic rings. The Morgan fingerprint density at radius 1 is 1.41 bits per heavy atom. The molecule has 0 atom stereocenters. The molecule has 0 spiro atoms. The fraction of sp³-hybridized carbons (Fsp3) is 0.167. The van der Waals surface area contributed by atoms with Gasteiger partial charge >= 0.3 is 5.63 Å². The normalized spacial score (nSPS) is 10.4. The molecule has 0 fully saturated rings. The van der Waals surface area contributed by atoms with Crippen LogP contribution in [-0.2, 0) is 0 Å². The molecule has 0 unspecified atom stereocenters. The number of ether oxygens (including phenoxy) is 1. The van der Waals surface area contributed by atoms with Crippen LogP contribution in [0.3, 0.4) is 0 Å². The van der Waals surface area contributed by atoms with Crippen LogP contribution in [0.4, 0.5) is 0 Å². The first-order valence-electron chi connectivity index (χ1n) is 5.12. The van der Waals surface area contributed by atoms with Crippen molar-refractivity contribution in [2.45, 2.75) is 6.92 Å². The van der Waals surface area contributed by atoms with Crippen molar-refractivity contribution < 1.29 is 13.9 Å². The number of carbonyl (C=O) groups excluding carboxylic acids is 1. The van der Waals surface area contributed by atoms with E-state index >= 15 is 0 Å². The second-order valence-corrected chi connectivity index (χ2v) is 3.44. The molecule has 5 nitrogen and oxygen atoms in total. The zero-order chi connectivity index (χ0) is 12.4. The highest BCUT2D eigenvalue weighted by Gasteiger charge is 2.10. The van der Waals surface area contributed by atoms with Crippen molar-refractivity contribution >= 4 is 16.9 Å². The summed E-state index contributed by atoms with van der Waals surface area (Å²) in [5.41, 5.74) is 4.58. The lowest BCUT2D eigenvalue weighted by Crippen LogP contribution is -2.20. The molecular weight excluding hydrogens is 222 g/mol. The average molecular weight is 233 g/mol. The van der Waals surface area contributed by atoms with Gasteiger partial charge in [-0.25, -0.2) is 4.79 Å². The summed E-state index contributed by atoms with van der Waals surface area (Å²) in [5.74, 6) is -0.160. The van der Waals surface area contributed by atoms with Crippen LogP contribution in [0.15, 0.2) is 33.5 Å². The lowest BCUT2D eigenvalue weighted by molar-refractivity contribution is 0.0997. The van der Waals surface area contributed by atoms with E-state index in [4.69, 9.17) is 14.9 Å². The van der Waals surface area contributed by atoms with Gasteiger partial charge in [-0.1, -0.05) is 0 Å². The van der Waals surface area contributed by atoms with Gasteiger partial charge in [0.05, 0.1) is 6.61 Å². The fourth-order valence-electron chi connectivity index (χ4n) is 1.53. The van der Waals surface area contributed by atoms with Gasteiger partial charge in [0, 0.05) is 5.39 Å². The summed E-state index contributed by atoms with van der Waals surface area (Å²) >= 11 is 0. The molecule has 2 N–H and O–H groups in total. The summed E-state index contributed by atoms with van der Waals surface area (Å²) in [6.45, 7) is 2.40. The Balaban J connectivity index is 2.64. The van der Waals surface area contributed by atoms with E-state index in [9.17, 15) is 9.59 Å². The second kappa shape index (κ2) is 4.29. The van der Waals surface area contributed by atoms with Crippen LogP contribution in [0.5, 0.6) is 5.75 Å². The Hall–Kier alpha value is -2.30. The van der Waals surface area contributed by atoms with E-state index in [1.54, 1.807) is 18.2 Å². The number of hydrogen-bond acceptors (Lipinski definition) is 4. The molecule has 0 aliphatic carbocycles. The minimum Gasteiger partial charge on any atom is -0.494 e. The molecule has 1 aromatic heterocycles. The van der Waals surface area contributed by atoms with Crippen LogP contribution in [0.2, 0.25) is 0 Å². The number of primary amides is 1.